The molecular weight excluding hydrogens is 274 g/mol. The fraction of sp³-hybridized carbons (Fsp3) is 0.667. The second-order valence-corrected chi connectivity index (χ2v) is 6.14. The van der Waals surface area contributed by atoms with Crippen molar-refractivity contribution in [3.63, 3.8) is 0 Å². The molecule has 0 radical (unpaired) electrons. The maximum Gasteiger partial charge on any atom is 0.289 e. The van der Waals surface area contributed by atoms with E-state index >= 15 is 0 Å². The molecule has 0 unspecified atom stereocenters. The number of furan rings is 1. The van der Waals surface area contributed by atoms with Gasteiger partial charge in [0.15, 0.2) is 5.76 Å². The SMILES string of the molecule is CSCc1ccc(C(=O)N(C)CCC2CCOCC2)o1. The van der Waals surface area contributed by atoms with Crippen LogP contribution in [0, 0.1) is 5.92 Å². The third kappa shape index (κ3) is 4.28. The van der Waals surface area contributed by atoms with Crippen molar-refractivity contribution in [3.8, 4) is 0 Å². The van der Waals surface area contributed by atoms with Crippen LogP contribution < -0.4 is 0 Å². The summed E-state index contributed by atoms with van der Waals surface area (Å²) in [5.41, 5.74) is 0. The molecule has 0 aromatic carbocycles. The molecule has 2 heterocycles. The smallest absolute Gasteiger partial charge is 0.289 e. The van der Waals surface area contributed by atoms with Crippen molar-refractivity contribution in [1.82, 2.24) is 4.90 Å². The van der Waals surface area contributed by atoms with Gasteiger partial charge in [-0.2, -0.15) is 11.8 Å². The Morgan fingerprint density at radius 2 is 2.15 bits per heavy atom. The van der Waals surface area contributed by atoms with Crippen molar-refractivity contribution in [3.05, 3.63) is 23.7 Å². The molecule has 1 amide bonds. The zero-order valence-corrected chi connectivity index (χ0v) is 13.1. The van der Waals surface area contributed by atoms with Gasteiger partial charge < -0.3 is 14.1 Å². The van der Waals surface area contributed by atoms with Crippen LogP contribution in [0.4, 0.5) is 0 Å². The summed E-state index contributed by atoms with van der Waals surface area (Å²) < 4.78 is 10.9. The van der Waals surface area contributed by atoms with Crippen molar-refractivity contribution in [2.75, 3.05) is 33.1 Å². The molecule has 0 N–H and O–H groups in total. The van der Waals surface area contributed by atoms with Gasteiger partial charge in [0, 0.05) is 26.8 Å². The molecule has 1 fully saturated rings. The molecule has 1 aliphatic heterocycles. The molecule has 0 spiro atoms. The Kier molecular flexibility index (Phi) is 5.98. The monoisotopic (exact) mass is 297 g/mol. The van der Waals surface area contributed by atoms with Gasteiger partial charge in [0.25, 0.3) is 5.91 Å². The molecule has 2 rings (SSSR count). The molecule has 20 heavy (non-hydrogen) atoms. The van der Waals surface area contributed by atoms with E-state index in [1.54, 1.807) is 22.7 Å². The van der Waals surface area contributed by atoms with Crippen LogP contribution in [-0.4, -0.2) is 43.9 Å². The summed E-state index contributed by atoms with van der Waals surface area (Å²) in [6.45, 7) is 2.50. The highest BCUT2D eigenvalue weighted by Gasteiger charge is 2.19. The number of rotatable bonds is 6. The second kappa shape index (κ2) is 7.74. The summed E-state index contributed by atoms with van der Waals surface area (Å²) in [4.78, 5) is 14.0. The van der Waals surface area contributed by atoms with Gasteiger partial charge in [0.1, 0.15) is 5.76 Å². The van der Waals surface area contributed by atoms with E-state index in [9.17, 15) is 4.79 Å². The molecule has 1 aliphatic rings. The predicted octanol–water partition coefficient (Wildman–Crippen LogP) is 3.03. The lowest BCUT2D eigenvalue weighted by atomic mass is 9.96. The van der Waals surface area contributed by atoms with E-state index in [-0.39, 0.29) is 5.91 Å². The first-order valence-corrected chi connectivity index (χ1v) is 8.51. The zero-order chi connectivity index (χ0) is 14.4. The van der Waals surface area contributed by atoms with E-state index in [2.05, 4.69) is 0 Å². The van der Waals surface area contributed by atoms with Gasteiger partial charge in [0.2, 0.25) is 0 Å². The van der Waals surface area contributed by atoms with Crippen LogP contribution >= 0.6 is 11.8 Å². The van der Waals surface area contributed by atoms with Crippen LogP contribution in [0.1, 0.15) is 35.6 Å². The van der Waals surface area contributed by atoms with Crippen LogP contribution in [0.25, 0.3) is 0 Å². The molecule has 5 heteroatoms. The number of carbonyl (C=O) groups excluding carboxylic acids is 1. The highest BCUT2D eigenvalue weighted by Crippen LogP contribution is 2.19. The van der Waals surface area contributed by atoms with E-state index in [1.165, 1.54) is 0 Å². The molecule has 0 bridgehead atoms. The van der Waals surface area contributed by atoms with E-state index in [0.29, 0.717) is 11.7 Å². The molecule has 0 atom stereocenters. The minimum Gasteiger partial charge on any atom is -0.455 e. The van der Waals surface area contributed by atoms with E-state index in [1.807, 2.05) is 19.4 Å². The van der Waals surface area contributed by atoms with Crippen LogP contribution in [0.5, 0.6) is 0 Å². The van der Waals surface area contributed by atoms with Crippen LogP contribution in [0.3, 0.4) is 0 Å². The zero-order valence-electron chi connectivity index (χ0n) is 12.3. The largest absolute Gasteiger partial charge is 0.455 e. The Labute approximate surface area is 124 Å². The first-order valence-electron chi connectivity index (χ1n) is 7.11. The summed E-state index contributed by atoms with van der Waals surface area (Å²) in [6.07, 6.45) is 5.29. The molecule has 1 saturated heterocycles. The lowest BCUT2D eigenvalue weighted by Gasteiger charge is -2.24. The normalized spacial score (nSPS) is 16.3. The maximum atomic E-state index is 12.2. The third-order valence-corrected chi connectivity index (χ3v) is 4.29. The van der Waals surface area contributed by atoms with Crippen LogP contribution in [0.2, 0.25) is 0 Å². The number of ether oxygens (including phenoxy) is 1. The number of carbonyl (C=O) groups is 1. The summed E-state index contributed by atoms with van der Waals surface area (Å²) in [6, 6.07) is 3.66. The molecular formula is C15H23NO3S. The first kappa shape index (κ1) is 15.4. The highest BCUT2D eigenvalue weighted by molar-refractivity contribution is 7.97. The van der Waals surface area contributed by atoms with Crippen molar-refractivity contribution < 1.29 is 13.9 Å². The summed E-state index contributed by atoms with van der Waals surface area (Å²) >= 11 is 1.69. The van der Waals surface area contributed by atoms with Crippen molar-refractivity contribution in [2.24, 2.45) is 5.92 Å². The van der Waals surface area contributed by atoms with E-state index in [0.717, 1.165) is 50.5 Å². The van der Waals surface area contributed by atoms with Gasteiger partial charge in [-0.05, 0) is 43.6 Å². The minimum atomic E-state index is -0.0237. The number of nitrogens with zero attached hydrogens (tertiary/aromatic N) is 1. The minimum absolute atomic E-state index is 0.0237. The molecule has 1 aromatic heterocycles. The highest BCUT2D eigenvalue weighted by atomic mass is 32.2. The summed E-state index contributed by atoms with van der Waals surface area (Å²) in [5, 5.41) is 0. The summed E-state index contributed by atoms with van der Waals surface area (Å²) in [5.74, 6) is 2.77. The Bertz CT molecular complexity index is 427. The quantitative estimate of drug-likeness (QED) is 0.809. The Morgan fingerprint density at radius 3 is 2.85 bits per heavy atom. The topological polar surface area (TPSA) is 42.7 Å². The Morgan fingerprint density at radius 1 is 1.40 bits per heavy atom. The lowest BCUT2D eigenvalue weighted by Crippen LogP contribution is -2.29. The third-order valence-electron chi connectivity index (χ3n) is 3.72. The molecule has 0 saturated carbocycles. The van der Waals surface area contributed by atoms with Gasteiger partial charge in [-0.25, -0.2) is 0 Å². The van der Waals surface area contributed by atoms with E-state index in [4.69, 9.17) is 9.15 Å². The fourth-order valence-electron chi connectivity index (χ4n) is 2.41. The Hall–Kier alpha value is -0.940. The molecule has 0 aliphatic carbocycles. The standard InChI is InChI=1S/C15H23NO3S/c1-16(8-5-12-6-9-18-10-7-12)15(17)14-4-3-13(19-14)11-20-2/h3-4,12H,5-11H2,1-2H3. The Balaban J connectivity index is 1.81. The molecule has 4 nitrogen and oxygen atoms in total. The number of hydrogen-bond donors (Lipinski definition) is 0. The molecule has 112 valence electrons. The van der Waals surface area contributed by atoms with Gasteiger partial charge >= 0.3 is 0 Å². The average Bonchev–Trinajstić information content (AvgIpc) is 2.94. The lowest BCUT2D eigenvalue weighted by molar-refractivity contribution is 0.0576. The number of amides is 1. The van der Waals surface area contributed by atoms with Gasteiger partial charge in [-0.3, -0.25) is 4.79 Å². The van der Waals surface area contributed by atoms with E-state index < -0.39 is 0 Å². The van der Waals surface area contributed by atoms with Crippen molar-refractivity contribution in [2.45, 2.75) is 25.0 Å². The number of thioether (sulfide) groups is 1. The van der Waals surface area contributed by atoms with Gasteiger partial charge in [-0.1, -0.05) is 0 Å². The van der Waals surface area contributed by atoms with Crippen molar-refractivity contribution >= 4 is 17.7 Å². The van der Waals surface area contributed by atoms with Gasteiger partial charge in [-0.15, -0.1) is 0 Å². The van der Waals surface area contributed by atoms with Crippen LogP contribution in [-0.2, 0) is 10.5 Å². The fourth-order valence-corrected chi connectivity index (χ4v) is 2.85. The second-order valence-electron chi connectivity index (χ2n) is 5.27. The first-order chi connectivity index (χ1) is 9.70. The summed E-state index contributed by atoms with van der Waals surface area (Å²) in [7, 11) is 1.85. The van der Waals surface area contributed by atoms with Crippen LogP contribution in [0.15, 0.2) is 16.5 Å². The number of hydrogen-bond acceptors (Lipinski definition) is 4. The van der Waals surface area contributed by atoms with Crippen molar-refractivity contribution in [1.29, 1.82) is 0 Å². The predicted molar refractivity (Wildman–Crippen MR) is 81.0 cm³/mol. The van der Waals surface area contributed by atoms with Gasteiger partial charge in [0.05, 0.1) is 5.75 Å². The average molecular weight is 297 g/mol. The molecule has 1 aromatic rings. The maximum absolute atomic E-state index is 12.2.